The number of nitrogens with zero attached hydrogens (tertiary/aromatic N) is 1. The van der Waals surface area contributed by atoms with Gasteiger partial charge < -0.3 is 4.90 Å². The molecule has 0 radical (unpaired) electrons. The van der Waals surface area contributed by atoms with Gasteiger partial charge in [0, 0.05) is 6.04 Å². The number of carbonyl (C=O) groups excluding carboxylic acids is 1. The Hall–Kier alpha value is -0.570. The first-order chi connectivity index (χ1) is 10.1. The lowest BCUT2D eigenvalue weighted by Crippen LogP contribution is -2.49. The van der Waals surface area contributed by atoms with Gasteiger partial charge in [0.05, 0.1) is 12.2 Å². The molecule has 0 spiro atoms. The van der Waals surface area contributed by atoms with Gasteiger partial charge in [-0.2, -0.15) is 0 Å². The molecule has 1 saturated carbocycles. The van der Waals surface area contributed by atoms with E-state index in [2.05, 4.69) is 37.9 Å². The predicted octanol–water partition coefficient (Wildman–Crippen LogP) is 3.93. The molecule has 0 aromatic heterocycles. The molecule has 122 valence electrons. The highest BCUT2D eigenvalue weighted by Gasteiger charge is 2.44. The summed E-state index contributed by atoms with van der Waals surface area (Å²) >= 11 is 0. The molecule has 21 heavy (non-hydrogen) atoms. The van der Waals surface area contributed by atoms with E-state index in [1.165, 1.54) is 32.1 Å². The molecule has 0 aromatic carbocycles. The zero-order valence-electron chi connectivity index (χ0n) is 14.4. The molecule has 1 saturated heterocycles. The number of rotatable bonds is 5. The van der Waals surface area contributed by atoms with Crippen LogP contribution in [0.4, 0.5) is 0 Å². The molecule has 1 amide bonds. The summed E-state index contributed by atoms with van der Waals surface area (Å²) in [6.07, 6.45) is 9.96. The van der Waals surface area contributed by atoms with Gasteiger partial charge in [0.25, 0.3) is 0 Å². The average Bonchev–Trinajstić information content (AvgIpc) is 2.62. The van der Waals surface area contributed by atoms with Crippen LogP contribution in [0.3, 0.4) is 0 Å². The van der Waals surface area contributed by atoms with E-state index in [0.29, 0.717) is 23.8 Å². The highest BCUT2D eigenvalue weighted by Crippen LogP contribution is 2.32. The van der Waals surface area contributed by atoms with Crippen molar-refractivity contribution in [1.29, 1.82) is 0 Å². The smallest absolute Gasteiger partial charge is 0.241 e. The topological polar surface area (TPSA) is 32.3 Å². The normalized spacial score (nSPS) is 34.5. The van der Waals surface area contributed by atoms with Crippen LogP contribution >= 0.6 is 0 Å². The SMILES string of the molecule is CCCCC1NC(C(C)C)N(C2CCCCCC2C)C1=O. The Bertz CT molecular complexity index is 342. The Morgan fingerprint density at radius 2 is 1.95 bits per heavy atom. The lowest BCUT2D eigenvalue weighted by molar-refractivity contribution is -0.134. The molecule has 2 fully saturated rings. The summed E-state index contributed by atoms with van der Waals surface area (Å²) in [6.45, 7) is 9.02. The van der Waals surface area contributed by atoms with Gasteiger partial charge >= 0.3 is 0 Å². The quantitative estimate of drug-likeness (QED) is 0.779. The Balaban J connectivity index is 2.14. The number of amides is 1. The second-order valence-corrected chi connectivity index (χ2v) is 7.48. The van der Waals surface area contributed by atoms with Gasteiger partial charge in [-0.25, -0.2) is 0 Å². The van der Waals surface area contributed by atoms with Crippen LogP contribution in [-0.2, 0) is 4.79 Å². The Kier molecular flexibility index (Phi) is 6.09. The fourth-order valence-corrected chi connectivity index (χ4v) is 4.06. The van der Waals surface area contributed by atoms with E-state index in [1.807, 2.05) is 0 Å². The first-order valence-electron chi connectivity index (χ1n) is 9.14. The van der Waals surface area contributed by atoms with Gasteiger partial charge in [-0.3, -0.25) is 10.1 Å². The number of hydrogen-bond donors (Lipinski definition) is 1. The lowest BCUT2D eigenvalue weighted by atomic mass is 9.94. The van der Waals surface area contributed by atoms with Crippen molar-refractivity contribution >= 4 is 5.91 Å². The molecule has 1 aliphatic carbocycles. The van der Waals surface area contributed by atoms with Crippen LogP contribution in [0.2, 0.25) is 0 Å². The molecule has 2 aliphatic rings. The van der Waals surface area contributed by atoms with E-state index in [4.69, 9.17) is 0 Å². The molecule has 0 aromatic rings. The molecule has 4 unspecified atom stereocenters. The minimum Gasteiger partial charge on any atom is -0.322 e. The van der Waals surface area contributed by atoms with Crippen molar-refractivity contribution in [3.63, 3.8) is 0 Å². The fraction of sp³-hybridized carbons (Fsp3) is 0.944. The van der Waals surface area contributed by atoms with Gasteiger partial charge in [0.15, 0.2) is 0 Å². The maximum Gasteiger partial charge on any atom is 0.241 e. The first-order valence-corrected chi connectivity index (χ1v) is 9.14. The third-order valence-electron chi connectivity index (χ3n) is 5.38. The van der Waals surface area contributed by atoms with Crippen molar-refractivity contribution in [2.24, 2.45) is 11.8 Å². The van der Waals surface area contributed by atoms with Gasteiger partial charge in [0.2, 0.25) is 5.91 Å². The summed E-state index contributed by atoms with van der Waals surface area (Å²) in [7, 11) is 0. The summed E-state index contributed by atoms with van der Waals surface area (Å²) in [6, 6.07) is 0.513. The number of nitrogens with one attached hydrogen (secondary N) is 1. The molecule has 3 heteroatoms. The van der Waals surface area contributed by atoms with Crippen LogP contribution in [0.15, 0.2) is 0 Å². The van der Waals surface area contributed by atoms with E-state index in [-0.39, 0.29) is 12.2 Å². The Morgan fingerprint density at radius 1 is 1.24 bits per heavy atom. The van der Waals surface area contributed by atoms with Gasteiger partial charge in [0.1, 0.15) is 0 Å². The largest absolute Gasteiger partial charge is 0.322 e. The van der Waals surface area contributed by atoms with Crippen molar-refractivity contribution in [2.75, 3.05) is 0 Å². The first kappa shape index (κ1) is 16.8. The summed E-state index contributed by atoms with van der Waals surface area (Å²) in [4.78, 5) is 15.2. The minimum absolute atomic E-state index is 0.0628. The van der Waals surface area contributed by atoms with Crippen LogP contribution in [0.1, 0.15) is 79.1 Å². The molecule has 1 aliphatic heterocycles. The summed E-state index contributed by atoms with van der Waals surface area (Å²) < 4.78 is 0. The van der Waals surface area contributed by atoms with Crippen LogP contribution in [0, 0.1) is 11.8 Å². The van der Waals surface area contributed by atoms with Gasteiger partial charge in [-0.15, -0.1) is 0 Å². The maximum absolute atomic E-state index is 12.9. The molecule has 1 N–H and O–H groups in total. The Morgan fingerprint density at radius 3 is 2.62 bits per heavy atom. The maximum atomic E-state index is 12.9. The van der Waals surface area contributed by atoms with Crippen molar-refractivity contribution in [1.82, 2.24) is 10.2 Å². The van der Waals surface area contributed by atoms with Gasteiger partial charge in [-0.1, -0.05) is 59.8 Å². The average molecular weight is 294 g/mol. The monoisotopic (exact) mass is 294 g/mol. The van der Waals surface area contributed by atoms with E-state index >= 15 is 0 Å². The highest BCUT2D eigenvalue weighted by molar-refractivity contribution is 5.84. The van der Waals surface area contributed by atoms with Crippen LogP contribution in [-0.4, -0.2) is 29.1 Å². The predicted molar refractivity (Wildman–Crippen MR) is 88.0 cm³/mol. The third-order valence-corrected chi connectivity index (χ3v) is 5.38. The standard InChI is InChI=1S/C18H34N2O/c1-5-6-11-15-18(21)20(17(19-15)13(2)3)16-12-9-7-8-10-14(16)4/h13-17,19H,5-12H2,1-4H3. The lowest BCUT2D eigenvalue weighted by Gasteiger charge is -2.37. The fourth-order valence-electron chi connectivity index (χ4n) is 4.06. The molecule has 3 nitrogen and oxygen atoms in total. The second kappa shape index (κ2) is 7.62. The zero-order valence-corrected chi connectivity index (χ0v) is 14.4. The molecule has 2 rings (SSSR count). The molecular formula is C18H34N2O. The van der Waals surface area contributed by atoms with E-state index in [9.17, 15) is 4.79 Å². The number of unbranched alkanes of at least 4 members (excludes halogenated alkanes) is 1. The van der Waals surface area contributed by atoms with Crippen LogP contribution in [0.25, 0.3) is 0 Å². The summed E-state index contributed by atoms with van der Waals surface area (Å²) in [5.41, 5.74) is 0. The Labute approximate surface area is 130 Å². The molecule has 1 heterocycles. The molecular weight excluding hydrogens is 260 g/mol. The van der Waals surface area contributed by atoms with Gasteiger partial charge in [-0.05, 0) is 31.1 Å². The van der Waals surface area contributed by atoms with E-state index < -0.39 is 0 Å². The summed E-state index contributed by atoms with van der Waals surface area (Å²) in [5, 5.41) is 3.64. The highest BCUT2D eigenvalue weighted by atomic mass is 16.2. The van der Waals surface area contributed by atoms with E-state index in [1.54, 1.807) is 0 Å². The van der Waals surface area contributed by atoms with Crippen LogP contribution in [0.5, 0.6) is 0 Å². The van der Waals surface area contributed by atoms with Crippen molar-refractivity contribution in [3.05, 3.63) is 0 Å². The zero-order chi connectivity index (χ0) is 15.4. The van der Waals surface area contributed by atoms with E-state index in [0.717, 1.165) is 19.3 Å². The molecule has 4 atom stereocenters. The molecule has 0 bridgehead atoms. The second-order valence-electron chi connectivity index (χ2n) is 7.48. The van der Waals surface area contributed by atoms with Crippen LogP contribution < -0.4 is 5.32 Å². The van der Waals surface area contributed by atoms with Crippen molar-refractivity contribution < 1.29 is 4.79 Å². The summed E-state index contributed by atoms with van der Waals surface area (Å²) in [5.74, 6) is 1.50. The number of hydrogen-bond acceptors (Lipinski definition) is 2. The van der Waals surface area contributed by atoms with Crippen molar-refractivity contribution in [3.8, 4) is 0 Å². The minimum atomic E-state index is 0.0628. The third kappa shape index (κ3) is 3.80. The van der Waals surface area contributed by atoms with Crippen molar-refractivity contribution in [2.45, 2.75) is 97.3 Å². The number of carbonyl (C=O) groups is 1.